The van der Waals surface area contributed by atoms with Crippen LogP contribution in [0.5, 0.6) is 0 Å². The summed E-state index contributed by atoms with van der Waals surface area (Å²) in [6, 6.07) is 0. The van der Waals surface area contributed by atoms with Crippen molar-refractivity contribution in [2.75, 3.05) is 66.0 Å². The highest BCUT2D eigenvalue weighted by molar-refractivity contribution is 4.79. The van der Waals surface area contributed by atoms with Gasteiger partial charge in [0.05, 0.1) is 0 Å². The first-order chi connectivity index (χ1) is 8.69. The molecule has 2 rings (SSSR count). The van der Waals surface area contributed by atoms with Crippen molar-refractivity contribution in [1.82, 2.24) is 14.7 Å². The van der Waals surface area contributed by atoms with Gasteiger partial charge in [0, 0.05) is 45.8 Å². The quantitative estimate of drug-likeness (QED) is 0.775. The van der Waals surface area contributed by atoms with E-state index in [1.165, 1.54) is 58.8 Å². The molecule has 2 atom stereocenters. The molecule has 2 unspecified atom stereocenters. The van der Waals surface area contributed by atoms with E-state index in [9.17, 15) is 0 Å². The fraction of sp³-hybridized carbons (Fsp3) is 1.00. The Morgan fingerprint density at radius 2 is 1.67 bits per heavy atom. The molecule has 0 aromatic rings. The van der Waals surface area contributed by atoms with Crippen LogP contribution < -0.4 is 5.73 Å². The monoisotopic (exact) mass is 254 g/mol. The molecule has 4 heteroatoms. The molecule has 106 valence electrons. The molecule has 0 radical (unpaired) electrons. The summed E-state index contributed by atoms with van der Waals surface area (Å²) in [5, 5.41) is 0. The maximum atomic E-state index is 5.87. The van der Waals surface area contributed by atoms with Crippen molar-refractivity contribution in [3.8, 4) is 0 Å². The largest absolute Gasteiger partial charge is 0.330 e. The second kappa shape index (κ2) is 6.85. The SMILES string of the molecule is CC1CCN(CCN2CCN(C)CC2)CC1CN. The number of nitrogens with zero attached hydrogens (tertiary/aromatic N) is 3. The van der Waals surface area contributed by atoms with Crippen molar-refractivity contribution in [2.45, 2.75) is 13.3 Å². The zero-order chi connectivity index (χ0) is 13.0. The lowest BCUT2D eigenvalue weighted by Gasteiger charge is -2.38. The Bertz CT molecular complexity index is 238. The van der Waals surface area contributed by atoms with Crippen LogP contribution in [0.2, 0.25) is 0 Å². The van der Waals surface area contributed by atoms with Gasteiger partial charge in [-0.25, -0.2) is 0 Å². The Labute approximate surface area is 112 Å². The summed E-state index contributed by atoms with van der Waals surface area (Å²) in [4.78, 5) is 7.65. The van der Waals surface area contributed by atoms with Gasteiger partial charge in [0.2, 0.25) is 0 Å². The number of hydrogen-bond acceptors (Lipinski definition) is 4. The molecule has 2 aliphatic rings. The molecule has 2 aliphatic heterocycles. The average Bonchev–Trinajstić information content (AvgIpc) is 2.39. The van der Waals surface area contributed by atoms with Crippen LogP contribution in [0.3, 0.4) is 0 Å². The van der Waals surface area contributed by atoms with Crippen LogP contribution in [0.1, 0.15) is 13.3 Å². The van der Waals surface area contributed by atoms with Gasteiger partial charge in [-0.3, -0.25) is 4.90 Å². The van der Waals surface area contributed by atoms with Crippen LogP contribution in [0.25, 0.3) is 0 Å². The van der Waals surface area contributed by atoms with Crippen molar-refractivity contribution in [3.05, 3.63) is 0 Å². The van der Waals surface area contributed by atoms with Gasteiger partial charge in [-0.1, -0.05) is 6.92 Å². The summed E-state index contributed by atoms with van der Waals surface area (Å²) in [5.41, 5.74) is 5.87. The minimum absolute atomic E-state index is 0.714. The maximum Gasteiger partial charge on any atom is 0.0110 e. The highest BCUT2D eigenvalue weighted by Crippen LogP contribution is 2.21. The topological polar surface area (TPSA) is 35.7 Å². The molecule has 2 saturated heterocycles. The molecule has 2 heterocycles. The number of rotatable bonds is 4. The minimum atomic E-state index is 0.714. The Kier molecular flexibility index (Phi) is 5.42. The van der Waals surface area contributed by atoms with Gasteiger partial charge in [-0.2, -0.15) is 0 Å². The number of hydrogen-bond donors (Lipinski definition) is 1. The maximum absolute atomic E-state index is 5.87. The van der Waals surface area contributed by atoms with E-state index in [1.807, 2.05) is 0 Å². The number of piperazine rings is 1. The van der Waals surface area contributed by atoms with E-state index in [2.05, 4.69) is 28.7 Å². The third-order valence-electron chi connectivity index (χ3n) is 4.83. The smallest absolute Gasteiger partial charge is 0.0110 e. The zero-order valence-corrected chi connectivity index (χ0v) is 12.1. The van der Waals surface area contributed by atoms with Gasteiger partial charge < -0.3 is 15.5 Å². The normalized spacial score (nSPS) is 32.8. The van der Waals surface area contributed by atoms with E-state index in [0.717, 1.165) is 12.5 Å². The molecule has 0 amide bonds. The summed E-state index contributed by atoms with van der Waals surface area (Å²) in [5.74, 6) is 1.53. The van der Waals surface area contributed by atoms with E-state index >= 15 is 0 Å². The zero-order valence-electron chi connectivity index (χ0n) is 12.1. The van der Waals surface area contributed by atoms with Crippen LogP contribution in [0.15, 0.2) is 0 Å². The Morgan fingerprint density at radius 1 is 1.00 bits per heavy atom. The third-order valence-corrected chi connectivity index (χ3v) is 4.83. The van der Waals surface area contributed by atoms with E-state index in [0.29, 0.717) is 5.92 Å². The molecule has 2 fully saturated rings. The second-order valence-electron chi connectivity index (χ2n) is 6.21. The van der Waals surface area contributed by atoms with Crippen LogP contribution in [0, 0.1) is 11.8 Å². The van der Waals surface area contributed by atoms with E-state index in [-0.39, 0.29) is 0 Å². The highest BCUT2D eigenvalue weighted by Gasteiger charge is 2.25. The van der Waals surface area contributed by atoms with Crippen molar-refractivity contribution >= 4 is 0 Å². The van der Waals surface area contributed by atoms with Crippen LogP contribution in [-0.2, 0) is 0 Å². The second-order valence-corrected chi connectivity index (χ2v) is 6.21. The highest BCUT2D eigenvalue weighted by atomic mass is 15.3. The van der Waals surface area contributed by atoms with Gasteiger partial charge in [-0.15, -0.1) is 0 Å². The molecule has 0 aromatic carbocycles. The number of nitrogens with two attached hydrogens (primary N) is 1. The van der Waals surface area contributed by atoms with Crippen molar-refractivity contribution in [3.63, 3.8) is 0 Å². The summed E-state index contributed by atoms with van der Waals surface area (Å²) in [7, 11) is 2.22. The molecule has 0 aromatic heterocycles. The van der Waals surface area contributed by atoms with Crippen molar-refractivity contribution in [1.29, 1.82) is 0 Å². The summed E-state index contributed by atoms with van der Waals surface area (Å²) in [6.45, 7) is 13.1. The Morgan fingerprint density at radius 3 is 2.33 bits per heavy atom. The first-order valence-electron chi connectivity index (χ1n) is 7.52. The van der Waals surface area contributed by atoms with Crippen LogP contribution >= 0.6 is 0 Å². The third kappa shape index (κ3) is 3.92. The molecular formula is C14H30N4. The Hall–Kier alpha value is -0.160. The van der Waals surface area contributed by atoms with Crippen molar-refractivity contribution < 1.29 is 0 Å². The van der Waals surface area contributed by atoms with Crippen LogP contribution in [-0.4, -0.2) is 80.7 Å². The fourth-order valence-electron chi connectivity index (χ4n) is 3.09. The van der Waals surface area contributed by atoms with Gasteiger partial charge in [0.15, 0.2) is 0 Å². The predicted octanol–water partition coefficient (Wildman–Crippen LogP) is 0.151. The standard InChI is InChI=1S/C14H30N4/c1-13-3-4-18(12-14(13)11-15)10-9-17-7-5-16(2)6-8-17/h13-14H,3-12,15H2,1-2H3. The fourth-order valence-corrected chi connectivity index (χ4v) is 3.09. The molecule has 0 saturated carbocycles. The minimum Gasteiger partial charge on any atom is -0.330 e. The van der Waals surface area contributed by atoms with Crippen LogP contribution in [0.4, 0.5) is 0 Å². The predicted molar refractivity (Wildman–Crippen MR) is 76.7 cm³/mol. The lowest BCUT2D eigenvalue weighted by molar-refractivity contribution is 0.0987. The summed E-state index contributed by atoms with van der Waals surface area (Å²) in [6.07, 6.45) is 1.32. The number of likely N-dealkylation sites (tertiary alicyclic amines) is 1. The van der Waals surface area contributed by atoms with Gasteiger partial charge in [0.1, 0.15) is 0 Å². The molecule has 0 bridgehead atoms. The number of piperidine rings is 1. The molecule has 0 spiro atoms. The lowest BCUT2D eigenvalue weighted by atomic mass is 9.87. The lowest BCUT2D eigenvalue weighted by Crippen LogP contribution is -2.49. The molecule has 4 nitrogen and oxygen atoms in total. The Balaban J connectivity index is 1.67. The average molecular weight is 254 g/mol. The molecule has 2 N–H and O–H groups in total. The van der Waals surface area contributed by atoms with E-state index in [1.54, 1.807) is 0 Å². The molecular weight excluding hydrogens is 224 g/mol. The first kappa shape index (κ1) is 14.3. The number of likely N-dealkylation sites (N-methyl/N-ethyl adjacent to an activating group) is 1. The van der Waals surface area contributed by atoms with Gasteiger partial charge >= 0.3 is 0 Å². The summed E-state index contributed by atoms with van der Waals surface area (Å²) < 4.78 is 0. The first-order valence-corrected chi connectivity index (χ1v) is 7.52. The molecule has 18 heavy (non-hydrogen) atoms. The van der Waals surface area contributed by atoms with Gasteiger partial charge in [0.25, 0.3) is 0 Å². The van der Waals surface area contributed by atoms with Crippen molar-refractivity contribution in [2.24, 2.45) is 17.6 Å². The summed E-state index contributed by atoms with van der Waals surface area (Å²) >= 11 is 0. The van der Waals surface area contributed by atoms with E-state index in [4.69, 9.17) is 5.73 Å². The van der Waals surface area contributed by atoms with E-state index < -0.39 is 0 Å². The van der Waals surface area contributed by atoms with Gasteiger partial charge in [-0.05, 0) is 38.4 Å². The molecule has 0 aliphatic carbocycles.